The van der Waals surface area contributed by atoms with Crippen molar-refractivity contribution in [1.29, 1.82) is 0 Å². The van der Waals surface area contributed by atoms with E-state index in [1.807, 2.05) is 32.9 Å². The lowest BCUT2D eigenvalue weighted by Crippen LogP contribution is -2.50. The molecule has 2 heterocycles. The van der Waals surface area contributed by atoms with E-state index < -0.39 is 5.60 Å². The molecule has 1 aromatic heterocycles. The Labute approximate surface area is 156 Å². The predicted molar refractivity (Wildman–Crippen MR) is 101 cm³/mol. The van der Waals surface area contributed by atoms with Crippen LogP contribution in [0, 0.1) is 0 Å². The van der Waals surface area contributed by atoms with E-state index in [4.69, 9.17) is 19.2 Å². The number of hydrogen-bond acceptors (Lipinski definition) is 6. The molecule has 0 spiro atoms. The standard InChI is InChI=1S/C19H31N3O4/c1-6-15-7-8-16(25-14-13-24-5)17(20-15)21-9-11-22(12-10-21)18(23)26-19(2,3)4/h7-8H,6,9-14H2,1-5H3. The van der Waals surface area contributed by atoms with Crippen molar-refractivity contribution in [3.63, 3.8) is 0 Å². The molecule has 1 aliphatic rings. The number of aromatic nitrogens is 1. The molecule has 0 atom stereocenters. The molecule has 1 aliphatic heterocycles. The molecule has 0 saturated carbocycles. The van der Waals surface area contributed by atoms with Gasteiger partial charge >= 0.3 is 6.09 Å². The van der Waals surface area contributed by atoms with E-state index in [0.29, 0.717) is 39.4 Å². The summed E-state index contributed by atoms with van der Waals surface area (Å²) in [5, 5.41) is 0. The van der Waals surface area contributed by atoms with E-state index in [9.17, 15) is 4.79 Å². The minimum absolute atomic E-state index is 0.260. The maximum absolute atomic E-state index is 12.2. The molecule has 0 bridgehead atoms. The number of methoxy groups -OCH3 is 1. The van der Waals surface area contributed by atoms with Crippen LogP contribution >= 0.6 is 0 Å². The number of aryl methyl sites for hydroxylation is 1. The number of ether oxygens (including phenoxy) is 3. The summed E-state index contributed by atoms with van der Waals surface area (Å²) in [6.45, 7) is 11.3. The first-order valence-corrected chi connectivity index (χ1v) is 9.18. The fourth-order valence-corrected chi connectivity index (χ4v) is 2.67. The SMILES string of the molecule is CCc1ccc(OCCOC)c(N2CCN(C(=O)OC(C)(C)C)CC2)n1. The number of carbonyl (C=O) groups is 1. The van der Waals surface area contributed by atoms with Gasteiger partial charge < -0.3 is 24.0 Å². The van der Waals surface area contributed by atoms with Gasteiger partial charge in [0, 0.05) is 39.0 Å². The van der Waals surface area contributed by atoms with Gasteiger partial charge in [-0.3, -0.25) is 0 Å². The highest BCUT2D eigenvalue weighted by atomic mass is 16.6. The molecule has 7 heteroatoms. The Hall–Kier alpha value is -2.02. The van der Waals surface area contributed by atoms with Gasteiger partial charge in [0.1, 0.15) is 12.2 Å². The summed E-state index contributed by atoms with van der Waals surface area (Å²) in [5.74, 6) is 1.59. The van der Waals surface area contributed by atoms with E-state index in [1.54, 1.807) is 12.0 Å². The lowest BCUT2D eigenvalue weighted by atomic mass is 10.2. The van der Waals surface area contributed by atoms with Gasteiger partial charge in [-0.25, -0.2) is 9.78 Å². The second-order valence-corrected chi connectivity index (χ2v) is 7.27. The van der Waals surface area contributed by atoms with Gasteiger partial charge in [0.2, 0.25) is 0 Å². The Kier molecular flexibility index (Phi) is 7.08. The third kappa shape index (κ3) is 5.76. The van der Waals surface area contributed by atoms with Crippen molar-refractivity contribution in [3.8, 4) is 5.75 Å². The zero-order valence-corrected chi connectivity index (χ0v) is 16.6. The topological polar surface area (TPSA) is 64.1 Å². The molecule has 1 aromatic rings. The summed E-state index contributed by atoms with van der Waals surface area (Å²) in [6, 6.07) is 3.96. The minimum atomic E-state index is -0.479. The smallest absolute Gasteiger partial charge is 0.410 e. The first kappa shape index (κ1) is 20.3. The lowest BCUT2D eigenvalue weighted by Gasteiger charge is -2.36. The molecule has 0 aromatic carbocycles. The zero-order valence-electron chi connectivity index (χ0n) is 16.6. The van der Waals surface area contributed by atoms with Gasteiger partial charge in [0.05, 0.1) is 6.61 Å². The van der Waals surface area contributed by atoms with Crippen LogP contribution in [0.1, 0.15) is 33.4 Å². The van der Waals surface area contributed by atoms with Crippen LogP contribution in [0.5, 0.6) is 5.75 Å². The minimum Gasteiger partial charge on any atom is -0.487 e. The molecule has 26 heavy (non-hydrogen) atoms. The third-order valence-electron chi connectivity index (χ3n) is 4.04. The van der Waals surface area contributed by atoms with Gasteiger partial charge in [-0.05, 0) is 39.3 Å². The van der Waals surface area contributed by atoms with E-state index in [2.05, 4.69) is 11.8 Å². The molecular weight excluding hydrogens is 334 g/mol. The van der Waals surface area contributed by atoms with Crippen molar-refractivity contribution in [3.05, 3.63) is 17.8 Å². The van der Waals surface area contributed by atoms with Crippen LogP contribution in [0.2, 0.25) is 0 Å². The van der Waals surface area contributed by atoms with Crippen molar-refractivity contribution in [2.24, 2.45) is 0 Å². The van der Waals surface area contributed by atoms with Crippen molar-refractivity contribution in [1.82, 2.24) is 9.88 Å². The maximum atomic E-state index is 12.2. The number of hydrogen-bond donors (Lipinski definition) is 0. The normalized spacial score (nSPS) is 15.1. The van der Waals surface area contributed by atoms with Crippen LogP contribution in [0.3, 0.4) is 0 Å². The maximum Gasteiger partial charge on any atom is 0.410 e. The Morgan fingerprint density at radius 3 is 2.42 bits per heavy atom. The van der Waals surface area contributed by atoms with E-state index in [0.717, 1.165) is 23.7 Å². The number of pyridine rings is 1. The molecule has 7 nitrogen and oxygen atoms in total. The van der Waals surface area contributed by atoms with Crippen molar-refractivity contribution in [2.45, 2.75) is 39.7 Å². The summed E-state index contributed by atoms with van der Waals surface area (Å²) in [6.07, 6.45) is 0.604. The van der Waals surface area contributed by atoms with Gasteiger partial charge in [0.15, 0.2) is 11.6 Å². The number of amides is 1. The molecule has 0 N–H and O–H groups in total. The highest BCUT2D eigenvalue weighted by Gasteiger charge is 2.27. The van der Waals surface area contributed by atoms with Crippen molar-refractivity contribution >= 4 is 11.9 Å². The predicted octanol–water partition coefficient (Wildman–Crippen LogP) is 2.73. The summed E-state index contributed by atoms with van der Waals surface area (Å²) in [4.78, 5) is 20.9. The van der Waals surface area contributed by atoms with Gasteiger partial charge in [0.25, 0.3) is 0 Å². The average Bonchev–Trinajstić information content (AvgIpc) is 2.61. The number of carbonyl (C=O) groups excluding carboxylic acids is 1. The van der Waals surface area contributed by atoms with Crippen LogP contribution in [0.4, 0.5) is 10.6 Å². The Balaban J connectivity index is 2.04. The monoisotopic (exact) mass is 365 g/mol. The molecule has 1 fully saturated rings. The van der Waals surface area contributed by atoms with E-state index in [1.165, 1.54) is 0 Å². The lowest BCUT2D eigenvalue weighted by molar-refractivity contribution is 0.0240. The van der Waals surface area contributed by atoms with E-state index >= 15 is 0 Å². The summed E-state index contributed by atoms with van der Waals surface area (Å²) in [7, 11) is 1.65. The highest BCUT2D eigenvalue weighted by Crippen LogP contribution is 2.28. The van der Waals surface area contributed by atoms with Crippen LogP contribution in [-0.4, -0.2) is 68.1 Å². The second kappa shape index (κ2) is 9.07. The third-order valence-corrected chi connectivity index (χ3v) is 4.04. The molecule has 0 aliphatic carbocycles. The fraction of sp³-hybridized carbons (Fsp3) is 0.684. The summed E-state index contributed by atoms with van der Waals surface area (Å²) >= 11 is 0. The van der Waals surface area contributed by atoms with Crippen molar-refractivity contribution in [2.75, 3.05) is 51.4 Å². The van der Waals surface area contributed by atoms with Gasteiger partial charge in [-0.2, -0.15) is 0 Å². The first-order chi connectivity index (χ1) is 12.3. The molecule has 1 amide bonds. The van der Waals surface area contributed by atoms with Crippen molar-refractivity contribution < 1.29 is 19.0 Å². The van der Waals surface area contributed by atoms with Crippen LogP contribution in [-0.2, 0) is 15.9 Å². The average molecular weight is 365 g/mol. The number of anilines is 1. The molecule has 0 radical (unpaired) electrons. The molecule has 2 rings (SSSR count). The summed E-state index contributed by atoms with van der Waals surface area (Å²) < 4.78 is 16.4. The molecular formula is C19H31N3O4. The Bertz CT molecular complexity index is 593. The number of rotatable bonds is 6. The van der Waals surface area contributed by atoms with Crippen LogP contribution in [0.25, 0.3) is 0 Å². The Morgan fingerprint density at radius 1 is 1.15 bits per heavy atom. The summed E-state index contributed by atoms with van der Waals surface area (Å²) in [5.41, 5.74) is 0.543. The quantitative estimate of drug-likeness (QED) is 0.722. The Morgan fingerprint density at radius 2 is 1.85 bits per heavy atom. The highest BCUT2D eigenvalue weighted by molar-refractivity contribution is 5.68. The second-order valence-electron chi connectivity index (χ2n) is 7.27. The molecule has 1 saturated heterocycles. The van der Waals surface area contributed by atoms with Crippen LogP contribution in [0.15, 0.2) is 12.1 Å². The number of nitrogens with zero attached hydrogens (tertiary/aromatic N) is 3. The van der Waals surface area contributed by atoms with Crippen LogP contribution < -0.4 is 9.64 Å². The molecule has 0 unspecified atom stereocenters. The largest absolute Gasteiger partial charge is 0.487 e. The molecule has 146 valence electrons. The first-order valence-electron chi connectivity index (χ1n) is 9.18. The van der Waals surface area contributed by atoms with E-state index in [-0.39, 0.29) is 6.09 Å². The fourth-order valence-electron chi connectivity index (χ4n) is 2.67. The van der Waals surface area contributed by atoms with Gasteiger partial charge in [-0.1, -0.05) is 6.92 Å². The number of piperazine rings is 1. The van der Waals surface area contributed by atoms with Gasteiger partial charge in [-0.15, -0.1) is 0 Å². The zero-order chi connectivity index (χ0) is 19.2.